The summed E-state index contributed by atoms with van der Waals surface area (Å²) in [5.41, 5.74) is 2.11. The fraction of sp³-hybridized carbons (Fsp3) is 0.600. The van der Waals surface area contributed by atoms with Crippen molar-refractivity contribution < 1.29 is 29.0 Å². The molecule has 9 heteroatoms. The van der Waals surface area contributed by atoms with Gasteiger partial charge in [-0.2, -0.15) is 0 Å². The summed E-state index contributed by atoms with van der Waals surface area (Å²) in [6, 6.07) is 4.53. The Morgan fingerprint density at radius 2 is 2.03 bits per heavy atom. The van der Waals surface area contributed by atoms with Crippen LogP contribution >= 0.6 is 0 Å². The Labute approximate surface area is 170 Å². The van der Waals surface area contributed by atoms with E-state index in [0.29, 0.717) is 31.7 Å². The molecule has 0 bridgehead atoms. The van der Waals surface area contributed by atoms with Crippen LogP contribution in [0.25, 0.3) is 0 Å². The number of anilines is 1. The van der Waals surface area contributed by atoms with E-state index in [4.69, 9.17) is 9.94 Å². The van der Waals surface area contributed by atoms with Crippen LogP contribution in [0.5, 0.6) is 5.75 Å². The second-order valence-corrected chi connectivity index (χ2v) is 7.80. The molecular weight excluding hydrogens is 381 g/mol. The number of nitrogens with zero attached hydrogens (tertiary/aromatic N) is 2. The van der Waals surface area contributed by atoms with E-state index in [1.165, 1.54) is 18.7 Å². The maximum Gasteiger partial charge on any atom is 0.272 e. The lowest BCUT2D eigenvalue weighted by Crippen LogP contribution is -2.57. The zero-order valence-electron chi connectivity index (χ0n) is 17.3. The van der Waals surface area contributed by atoms with Gasteiger partial charge in [-0.3, -0.25) is 14.8 Å². The zero-order chi connectivity index (χ0) is 21.7. The zero-order valence-corrected chi connectivity index (χ0v) is 17.3. The van der Waals surface area contributed by atoms with Gasteiger partial charge in [0.05, 0.1) is 13.0 Å². The molecule has 0 aromatic heterocycles. The van der Waals surface area contributed by atoms with Crippen molar-refractivity contribution in [1.82, 2.24) is 10.4 Å². The number of aliphatic hydroxyl groups is 1. The molecule has 1 aromatic carbocycles. The van der Waals surface area contributed by atoms with Crippen LogP contribution in [0.3, 0.4) is 0 Å². The van der Waals surface area contributed by atoms with Crippen molar-refractivity contribution in [3.05, 3.63) is 24.0 Å². The molecule has 0 unspecified atom stereocenters. The van der Waals surface area contributed by atoms with Crippen LogP contribution in [0.1, 0.15) is 27.2 Å². The standard InChI is InChI=1S/C20H30FN3O5/c1-12(2)9-15(18(25)19(26)22-28)20(27)24-8-7-23(11-13(24)3)14-5-6-17(29-4)16(21)10-14/h5-6,10,12-13,15,18,25,28H,7-9,11H2,1-4H3,(H,22,26)/t13-,15+,18+/m1/s1. The Bertz CT molecular complexity index is 730. The van der Waals surface area contributed by atoms with E-state index in [1.807, 2.05) is 25.7 Å². The van der Waals surface area contributed by atoms with E-state index in [-0.39, 0.29) is 23.6 Å². The second-order valence-electron chi connectivity index (χ2n) is 7.80. The van der Waals surface area contributed by atoms with Crippen LogP contribution in [-0.2, 0) is 9.59 Å². The maximum absolute atomic E-state index is 14.0. The molecule has 0 spiro atoms. The van der Waals surface area contributed by atoms with Gasteiger partial charge in [-0.15, -0.1) is 0 Å². The van der Waals surface area contributed by atoms with Gasteiger partial charge >= 0.3 is 0 Å². The molecule has 3 atom stereocenters. The summed E-state index contributed by atoms with van der Waals surface area (Å²) in [4.78, 5) is 28.4. The van der Waals surface area contributed by atoms with Crippen LogP contribution in [0, 0.1) is 17.7 Å². The highest BCUT2D eigenvalue weighted by molar-refractivity contribution is 5.89. The number of hydrogen-bond donors (Lipinski definition) is 3. The molecule has 1 heterocycles. The van der Waals surface area contributed by atoms with Crippen LogP contribution in [0.2, 0.25) is 0 Å². The van der Waals surface area contributed by atoms with E-state index >= 15 is 0 Å². The molecule has 3 N–H and O–H groups in total. The van der Waals surface area contributed by atoms with Crippen molar-refractivity contribution >= 4 is 17.5 Å². The Hall–Kier alpha value is -2.39. The highest BCUT2D eigenvalue weighted by atomic mass is 19.1. The van der Waals surface area contributed by atoms with Crippen LogP contribution in [0.4, 0.5) is 10.1 Å². The average Bonchev–Trinajstić information content (AvgIpc) is 2.70. The lowest BCUT2D eigenvalue weighted by molar-refractivity contribution is -0.152. The molecular formula is C20H30FN3O5. The number of hydrogen-bond acceptors (Lipinski definition) is 6. The number of ether oxygens (including phenoxy) is 1. The Balaban J connectivity index is 2.13. The fourth-order valence-electron chi connectivity index (χ4n) is 3.71. The summed E-state index contributed by atoms with van der Waals surface area (Å²) < 4.78 is 19.0. The smallest absolute Gasteiger partial charge is 0.272 e. The first kappa shape index (κ1) is 22.9. The van der Waals surface area contributed by atoms with Crippen molar-refractivity contribution in [1.29, 1.82) is 0 Å². The molecule has 1 aliphatic heterocycles. The number of halogens is 1. The summed E-state index contributed by atoms with van der Waals surface area (Å²) in [5.74, 6) is -2.49. The topological polar surface area (TPSA) is 102 Å². The highest BCUT2D eigenvalue weighted by Crippen LogP contribution is 2.27. The number of methoxy groups -OCH3 is 1. The molecule has 0 saturated carbocycles. The van der Waals surface area contributed by atoms with Crippen LogP contribution in [-0.4, -0.2) is 65.9 Å². The first-order chi connectivity index (χ1) is 13.7. The number of aliphatic hydroxyl groups excluding tert-OH is 1. The molecule has 2 rings (SSSR count). The molecule has 2 amide bonds. The number of carbonyl (C=O) groups excluding carboxylic acids is 2. The summed E-state index contributed by atoms with van der Waals surface area (Å²) in [6.07, 6.45) is -1.32. The van der Waals surface area contributed by atoms with Crippen LogP contribution in [0.15, 0.2) is 18.2 Å². The van der Waals surface area contributed by atoms with Gasteiger partial charge in [0.2, 0.25) is 5.91 Å². The number of piperazine rings is 1. The van der Waals surface area contributed by atoms with Crippen molar-refractivity contribution in [2.24, 2.45) is 11.8 Å². The third-order valence-electron chi connectivity index (χ3n) is 5.21. The van der Waals surface area contributed by atoms with E-state index in [9.17, 15) is 19.1 Å². The monoisotopic (exact) mass is 411 g/mol. The second kappa shape index (κ2) is 9.89. The quantitative estimate of drug-likeness (QED) is 0.463. The molecule has 0 aliphatic carbocycles. The highest BCUT2D eigenvalue weighted by Gasteiger charge is 2.38. The van der Waals surface area contributed by atoms with Crippen molar-refractivity contribution in [2.45, 2.75) is 39.3 Å². The number of hydroxylamine groups is 1. The van der Waals surface area contributed by atoms with Crippen molar-refractivity contribution in [3.8, 4) is 5.75 Å². The van der Waals surface area contributed by atoms with Crippen LogP contribution < -0.4 is 15.1 Å². The molecule has 1 saturated heterocycles. The Morgan fingerprint density at radius 3 is 2.55 bits per heavy atom. The summed E-state index contributed by atoms with van der Waals surface area (Å²) in [6.45, 7) is 6.99. The summed E-state index contributed by atoms with van der Waals surface area (Å²) in [7, 11) is 1.41. The third-order valence-corrected chi connectivity index (χ3v) is 5.21. The van der Waals surface area contributed by atoms with Gasteiger partial charge in [0.15, 0.2) is 11.6 Å². The van der Waals surface area contributed by atoms with E-state index < -0.39 is 23.7 Å². The first-order valence-electron chi connectivity index (χ1n) is 9.70. The van der Waals surface area contributed by atoms with Gasteiger partial charge in [-0.25, -0.2) is 9.87 Å². The lowest BCUT2D eigenvalue weighted by Gasteiger charge is -2.42. The first-order valence-corrected chi connectivity index (χ1v) is 9.70. The maximum atomic E-state index is 14.0. The van der Waals surface area contributed by atoms with Gasteiger partial charge in [0, 0.05) is 37.4 Å². The molecule has 162 valence electrons. The average molecular weight is 411 g/mol. The Morgan fingerprint density at radius 1 is 1.34 bits per heavy atom. The van der Waals surface area contributed by atoms with Crippen molar-refractivity contribution in [2.75, 3.05) is 31.6 Å². The molecule has 0 radical (unpaired) electrons. The van der Waals surface area contributed by atoms with Gasteiger partial charge in [-0.05, 0) is 31.4 Å². The normalized spacial score (nSPS) is 19.1. The van der Waals surface area contributed by atoms with Gasteiger partial charge < -0.3 is 19.6 Å². The van der Waals surface area contributed by atoms with Gasteiger partial charge in [0.25, 0.3) is 5.91 Å². The molecule has 1 fully saturated rings. The van der Waals surface area contributed by atoms with E-state index in [2.05, 4.69) is 0 Å². The molecule has 1 aromatic rings. The molecule has 8 nitrogen and oxygen atoms in total. The number of carbonyl (C=O) groups is 2. The summed E-state index contributed by atoms with van der Waals surface area (Å²) in [5, 5.41) is 19.1. The number of benzene rings is 1. The molecule has 1 aliphatic rings. The Kier molecular flexibility index (Phi) is 7.80. The summed E-state index contributed by atoms with van der Waals surface area (Å²) >= 11 is 0. The minimum Gasteiger partial charge on any atom is -0.494 e. The molecule has 29 heavy (non-hydrogen) atoms. The van der Waals surface area contributed by atoms with Crippen molar-refractivity contribution in [3.63, 3.8) is 0 Å². The predicted molar refractivity (Wildman–Crippen MR) is 105 cm³/mol. The number of rotatable bonds is 7. The lowest BCUT2D eigenvalue weighted by atomic mass is 9.89. The predicted octanol–water partition coefficient (Wildman–Crippen LogP) is 1.40. The minimum absolute atomic E-state index is 0.0731. The number of nitrogens with one attached hydrogen (secondary N) is 1. The third kappa shape index (κ3) is 5.36. The number of amides is 2. The van der Waals surface area contributed by atoms with E-state index in [1.54, 1.807) is 17.0 Å². The largest absolute Gasteiger partial charge is 0.494 e. The van der Waals surface area contributed by atoms with E-state index in [0.717, 1.165) is 0 Å². The SMILES string of the molecule is COc1ccc(N2CCN(C(=O)[C@@H](CC(C)C)[C@H](O)C(=O)NO)[C@H](C)C2)cc1F. The minimum atomic E-state index is -1.63. The van der Waals surface area contributed by atoms with Gasteiger partial charge in [-0.1, -0.05) is 13.8 Å². The van der Waals surface area contributed by atoms with Gasteiger partial charge in [0.1, 0.15) is 6.10 Å². The fourth-order valence-corrected chi connectivity index (χ4v) is 3.71.